The maximum Gasteiger partial charge on any atom is 0.251 e. The Morgan fingerprint density at radius 3 is 2.70 bits per heavy atom. The number of nitrogens with zero attached hydrogens (tertiary/aromatic N) is 1. The van der Waals surface area contributed by atoms with E-state index in [1.165, 1.54) is 32.1 Å². The molecule has 1 amide bonds. The molecule has 0 aromatic carbocycles. The van der Waals surface area contributed by atoms with Gasteiger partial charge in [-0.1, -0.05) is 26.2 Å². The summed E-state index contributed by atoms with van der Waals surface area (Å²) >= 11 is 0. The Balaban J connectivity index is 1.99. The van der Waals surface area contributed by atoms with Crippen LogP contribution in [0.3, 0.4) is 0 Å². The van der Waals surface area contributed by atoms with Crippen molar-refractivity contribution in [3.05, 3.63) is 23.4 Å². The molecule has 0 radical (unpaired) electrons. The summed E-state index contributed by atoms with van der Waals surface area (Å²) in [4.78, 5) is 16.4. The zero-order valence-electron chi connectivity index (χ0n) is 12.3. The standard InChI is InChI=1S/C15H24N4O/c1-11-8-12(9-13(18-11)19-16)14(20)17-10-15(2)6-4-3-5-7-15/h8-9H,3-7,10,16H2,1-2H3,(H,17,20)(H,18,19). The topological polar surface area (TPSA) is 80.0 Å². The van der Waals surface area contributed by atoms with Gasteiger partial charge < -0.3 is 10.7 Å². The molecule has 1 aliphatic carbocycles. The lowest BCUT2D eigenvalue weighted by molar-refractivity contribution is 0.0919. The van der Waals surface area contributed by atoms with Gasteiger partial charge in [0.2, 0.25) is 0 Å². The minimum absolute atomic E-state index is 0.0567. The van der Waals surface area contributed by atoms with E-state index in [9.17, 15) is 4.79 Å². The molecular weight excluding hydrogens is 252 g/mol. The Morgan fingerprint density at radius 2 is 2.05 bits per heavy atom. The molecule has 1 fully saturated rings. The summed E-state index contributed by atoms with van der Waals surface area (Å²) < 4.78 is 0. The van der Waals surface area contributed by atoms with Crippen LogP contribution in [-0.4, -0.2) is 17.4 Å². The van der Waals surface area contributed by atoms with Crippen LogP contribution in [0, 0.1) is 12.3 Å². The van der Waals surface area contributed by atoms with Gasteiger partial charge in [0.05, 0.1) is 0 Å². The summed E-state index contributed by atoms with van der Waals surface area (Å²) in [7, 11) is 0. The Kier molecular flexibility index (Phi) is 4.60. The molecule has 0 bridgehead atoms. The van der Waals surface area contributed by atoms with Crippen LogP contribution in [-0.2, 0) is 0 Å². The average Bonchev–Trinajstić information content (AvgIpc) is 2.45. The van der Waals surface area contributed by atoms with Gasteiger partial charge in [-0.2, -0.15) is 0 Å². The van der Waals surface area contributed by atoms with Crippen molar-refractivity contribution < 1.29 is 4.79 Å². The van der Waals surface area contributed by atoms with Crippen LogP contribution in [0.25, 0.3) is 0 Å². The molecule has 1 aromatic heterocycles. The maximum atomic E-state index is 12.2. The van der Waals surface area contributed by atoms with Crippen molar-refractivity contribution >= 4 is 11.7 Å². The highest BCUT2D eigenvalue weighted by Gasteiger charge is 2.27. The maximum absolute atomic E-state index is 12.2. The lowest BCUT2D eigenvalue weighted by atomic mass is 9.76. The van der Waals surface area contributed by atoms with E-state index < -0.39 is 0 Å². The first-order valence-electron chi connectivity index (χ1n) is 7.26. The lowest BCUT2D eigenvalue weighted by Crippen LogP contribution is -2.37. The van der Waals surface area contributed by atoms with Crippen LogP contribution in [0.1, 0.15) is 55.1 Å². The summed E-state index contributed by atoms with van der Waals surface area (Å²) in [5, 5.41) is 3.05. The zero-order valence-corrected chi connectivity index (χ0v) is 12.3. The quantitative estimate of drug-likeness (QED) is 0.582. The minimum Gasteiger partial charge on any atom is -0.351 e. The molecular formula is C15H24N4O. The molecule has 5 nitrogen and oxygen atoms in total. The second kappa shape index (κ2) is 6.22. The van der Waals surface area contributed by atoms with Gasteiger partial charge in [0, 0.05) is 17.8 Å². The van der Waals surface area contributed by atoms with E-state index in [0.717, 1.165) is 12.2 Å². The molecule has 1 heterocycles. The van der Waals surface area contributed by atoms with Gasteiger partial charge in [0.1, 0.15) is 5.82 Å². The van der Waals surface area contributed by atoms with Crippen LogP contribution in [0.2, 0.25) is 0 Å². The van der Waals surface area contributed by atoms with Crippen LogP contribution >= 0.6 is 0 Å². The largest absolute Gasteiger partial charge is 0.351 e. The molecule has 0 atom stereocenters. The number of pyridine rings is 1. The van der Waals surface area contributed by atoms with Crippen LogP contribution in [0.5, 0.6) is 0 Å². The van der Waals surface area contributed by atoms with Crippen LogP contribution in [0.15, 0.2) is 12.1 Å². The fourth-order valence-corrected chi connectivity index (χ4v) is 2.85. The molecule has 110 valence electrons. The van der Waals surface area contributed by atoms with Crippen molar-refractivity contribution in [1.82, 2.24) is 10.3 Å². The number of nitrogen functional groups attached to an aromatic ring is 1. The Bertz CT molecular complexity index is 481. The molecule has 1 aromatic rings. The fraction of sp³-hybridized carbons (Fsp3) is 0.600. The van der Waals surface area contributed by atoms with E-state index >= 15 is 0 Å². The second-order valence-electron chi connectivity index (χ2n) is 6.08. The smallest absolute Gasteiger partial charge is 0.251 e. The van der Waals surface area contributed by atoms with Gasteiger partial charge in [-0.05, 0) is 37.3 Å². The van der Waals surface area contributed by atoms with E-state index in [4.69, 9.17) is 5.84 Å². The number of aromatic nitrogens is 1. The molecule has 1 saturated carbocycles. The molecule has 0 aliphatic heterocycles. The van der Waals surface area contributed by atoms with Crippen molar-refractivity contribution in [3.8, 4) is 0 Å². The normalized spacial score (nSPS) is 17.6. The number of hydrazine groups is 1. The molecule has 2 rings (SSSR count). The zero-order chi connectivity index (χ0) is 14.6. The van der Waals surface area contributed by atoms with Gasteiger partial charge >= 0.3 is 0 Å². The molecule has 4 N–H and O–H groups in total. The Hall–Kier alpha value is -1.62. The number of nitrogens with two attached hydrogens (primary N) is 1. The summed E-state index contributed by atoms with van der Waals surface area (Å²) in [5.74, 6) is 5.81. The van der Waals surface area contributed by atoms with Crippen molar-refractivity contribution in [2.24, 2.45) is 11.3 Å². The van der Waals surface area contributed by atoms with Crippen molar-refractivity contribution in [3.63, 3.8) is 0 Å². The Labute approximate surface area is 120 Å². The van der Waals surface area contributed by atoms with E-state index in [0.29, 0.717) is 11.4 Å². The Morgan fingerprint density at radius 1 is 1.35 bits per heavy atom. The van der Waals surface area contributed by atoms with E-state index in [-0.39, 0.29) is 11.3 Å². The first-order chi connectivity index (χ1) is 9.52. The summed E-state index contributed by atoms with van der Waals surface area (Å²) in [5.41, 5.74) is 4.10. The molecule has 20 heavy (non-hydrogen) atoms. The minimum atomic E-state index is -0.0567. The lowest BCUT2D eigenvalue weighted by Gasteiger charge is -2.33. The van der Waals surface area contributed by atoms with E-state index in [1.54, 1.807) is 12.1 Å². The van der Waals surface area contributed by atoms with Gasteiger partial charge in [0.15, 0.2) is 0 Å². The average molecular weight is 276 g/mol. The number of hydrogen-bond donors (Lipinski definition) is 3. The molecule has 1 aliphatic rings. The van der Waals surface area contributed by atoms with Crippen molar-refractivity contribution in [2.75, 3.05) is 12.0 Å². The second-order valence-corrected chi connectivity index (χ2v) is 6.08. The highest BCUT2D eigenvalue weighted by atomic mass is 16.1. The van der Waals surface area contributed by atoms with Crippen molar-refractivity contribution in [1.29, 1.82) is 0 Å². The highest BCUT2D eigenvalue weighted by molar-refractivity contribution is 5.95. The third-order valence-corrected chi connectivity index (χ3v) is 4.10. The number of anilines is 1. The van der Waals surface area contributed by atoms with E-state index in [2.05, 4.69) is 22.7 Å². The van der Waals surface area contributed by atoms with Crippen LogP contribution in [0.4, 0.5) is 5.82 Å². The predicted molar refractivity (Wildman–Crippen MR) is 80.3 cm³/mol. The van der Waals surface area contributed by atoms with Gasteiger partial charge in [-0.15, -0.1) is 0 Å². The van der Waals surface area contributed by atoms with Crippen molar-refractivity contribution in [2.45, 2.75) is 46.0 Å². The fourth-order valence-electron chi connectivity index (χ4n) is 2.85. The summed E-state index contributed by atoms with van der Waals surface area (Å²) in [6.45, 7) is 4.84. The predicted octanol–water partition coefficient (Wildman–Crippen LogP) is 2.38. The van der Waals surface area contributed by atoms with E-state index in [1.807, 2.05) is 6.92 Å². The third-order valence-electron chi connectivity index (χ3n) is 4.10. The number of rotatable bonds is 4. The molecule has 0 saturated heterocycles. The first kappa shape index (κ1) is 14.8. The summed E-state index contributed by atoms with van der Waals surface area (Å²) in [6.07, 6.45) is 6.24. The van der Waals surface area contributed by atoms with Crippen LogP contribution < -0.4 is 16.6 Å². The van der Waals surface area contributed by atoms with Gasteiger partial charge in [-0.25, -0.2) is 10.8 Å². The highest BCUT2D eigenvalue weighted by Crippen LogP contribution is 2.34. The monoisotopic (exact) mass is 276 g/mol. The van der Waals surface area contributed by atoms with Gasteiger partial charge in [0.25, 0.3) is 5.91 Å². The SMILES string of the molecule is Cc1cc(C(=O)NCC2(C)CCCCC2)cc(NN)n1. The van der Waals surface area contributed by atoms with Gasteiger partial charge in [-0.3, -0.25) is 4.79 Å². The summed E-state index contributed by atoms with van der Waals surface area (Å²) in [6, 6.07) is 3.45. The number of aryl methyl sites for hydroxylation is 1. The molecule has 0 unspecified atom stereocenters. The molecule has 0 spiro atoms. The number of nitrogens with one attached hydrogen (secondary N) is 2. The number of amides is 1. The third kappa shape index (κ3) is 3.70. The number of carbonyl (C=O) groups excluding carboxylic acids is 1. The number of carbonyl (C=O) groups is 1. The first-order valence-corrected chi connectivity index (χ1v) is 7.26. The number of hydrogen-bond acceptors (Lipinski definition) is 4. The molecule has 5 heteroatoms.